The van der Waals surface area contributed by atoms with Crippen LogP contribution >= 0.6 is 15.9 Å². The van der Waals surface area contributed by atoms with E-state index in [4.69, 9.17) is 4.74 Å². The lowest BCUT2D eigenvalue weighted by atomic mass is 10.0. The van der Waals surface area contributed by atoms with Crippen LogP contribution < -0.4 is 4.74 Å². The van der Waals surface area contributed by atoms with Gasteiger partial charge in [-0.1, -0.05) is 34.1 Å². The van der Waals surface area contributed by atoms with Crippen LogP contribution in [0.15, 0.2) is 42.5 Å². The molecule has 1 nitrogen and oxygen atoms in total. The zero-order valence-corrected chi connectivity index (χ0v) is 11.2. The first-order valence-electron chi connectivity index (χ1n) is 5.35. The van der Waals surface area contributed by atoms with Crippen molar-refractivity contribution in [3.8, 4) is 5.75 Å². The molecule has 0 aliphatic carbocycles. The van der Waals surface area contributed by atoms with Gasteiger partial charge in [0.15, 0.2) is 0 Å². The van der Waals surface area contributed by atoms with Gasteiger partial charge in [0, 0.05) is 11.1 Å². The highest BCUT2D eigenvalue weighted by atomic mass is 79.9. The quantitative estimate of drug-likeness (QED) is 0.760. The second kappa shape index (κ2) is 5.48. The van der Waals surface area contributed by atoms with Crippen LogP contribution in [-0.4, -0.2) is 7.11 Å². The predicted molar refractivity (Wildman–Crippen MR) is 70.1 cm³/mol. The summed E-state index contributed by atoms with van der Waals surface area (Å²) in [6, 6.07) is 10.5. The van der Waals surface area contributed by atoms with Crippen LogP contribution in [0.1, 0.15) is 16.0 Å². The molecule has 0 aliphatic rings. The van der Waals surface area contributed by atoms with Crippen molar-refractivity contribution >= 4 is 15.9 Å². The molecule has 4 heteroatoms. The number of benzene rings is 2. The van der Waals surface area contributed by atoms with Crippen LogP contribution in [0.5, 0.6) is 5.75 Å². The van der Waals surface area contributed by atoms with Crippen molar-refractivity contribution in [3.63, 3.8) is 0 Å². The van der Waals surface area contributed by atoms with Gasteiger partial charge in [-0.3, -0.25) is 0 Å². The molecular formula is C14H11BrF2O. The van der Waals surface area contributed by atoms with Crippen molar-refractivity contribution in [1.29, 1.82) is 0 Å². The van der Waals surface area contributed by atoms with Crippen LogP contribution in [0, 0.1) is 11.6 Å². The van der Waals surface area contributed by atoms with Crippen LogP contribution in [0.3, 0.4) is 0 Å². The van der Waals surface area contributed by atoms with E-state index in [1.165, 1.54) is 31.4 Å². The van der Waals surface area contributed by atoms with E-state index >= 15 is 0 Å². The lowest BCUT2D eigenvalue weighted by Crippen LogP contribution is -2.00. The Morgan fingerprint density at radius 1 is 1.06 bits per heavy atom. The lowest BCUT2D eigenvalue weighted by Gasteiger charge is -2.15. The summed E-state index contributed by atoms with van der Waals surface area (Å²) in [5.74, 6) is -0.209. The van der Waals surface area contributed by atoms with E-state index in [0.29, 0.717) is 16.9 Å². The first-order chi connectivity index (χ1) is 8.63. The zero-order valence-electron chi connectivity index (χ0n) is 9.66. The highest BCUT2D eigenvalue weighted by Crippen LogP contribution is 2.37. The normalized spacial score (nSPS) is 12.2. The van der Waals surface area contributed by atoms with Gasteiger partial charge in [-0.05, 0) is 24.3 Å². The third kappa shape index (κ3) is 2.53. The van der Waals surface area contributed by atoms with Gasteiger partial charge in [-0.15, -0.1) is 0 Å². The maximum Gasteiger partial charge on any atom is 0.127 e. The van der Waals surface area contributed by atoms with Crippen LogP contribution in [0.25, 0.3) is 0 Å². The minimum Gasteiger partial charge on any atom is -0.496 e. The summed E-state index contributed by atoms with van der Waals surface area (Å²) in [6.07, 6.45) is 0. The molecule has 0 fully saturated rings. The molecule has 2 aromatic carbocycles. The first-order valence-corrected chi connectivity index (χ1v) is 6.27. The molecule has 0 amide bonds. The summed E-state index contributed by atoms with van der Waals surface area (Å²) in [5.41, 5.74) is 1.00. The predicted octanol–water partition coefficient (Wildman–Crippen LogP) is 4.46. The Kier molecular flexibility index (Phi) is 3.97. The molecule has 0 spiro atoms. The van der Waals surface area contributed by atoms with E-state index in [2.05, 4.69) is 15.9 Å². The second-order valence-corrected chi connectivity index (χ2v) is 4.69. The maximum absolute atomic E-state index is 13.7. The molecule has 94 valence electrons. The number of hydrogen-bond donors (Lipinski definition) is 0. The molecule has 0 bridgehead atoms. The number of ether oxygens (including phenoxy) is 1. The van der Waals surface area contributed by atoms with E-state index in [-0.39, 0.29) is 11.6 Å². The van der Waals surface area contributed by atoms with Gasteiger partial charge < -0.3 is 4.74 Å². The van der Waals surface area contributed by atoms with Gasteiger partial charge in [0.2, 0.25) is 0 Å². The van der Waals surface area contributed by atoms with Gasteiger partial charge in [0.1, 0.15) is 17.4 Å². The number of alkyl halides is 1. The summed E-state index contributed by atoms with van der Waals surface area (Å²) >= 11 is 3.38. The Morgan fingerprint density at radius 2 is 1.78 bits per heavy atom. The van der Waals surface area contributed by atoms with E-state index in [1.54, 1.807) is 18.2 Å². The van der Waals surface area contributed by atoms with Gasteiger partial charge in [-0.2, -0.15) is 0 Å². The Balaban J connectivity index is 2.48. The molecule has 18 heavy (non-hydrogen) atoms. The van der Waals surface area contributed by atoms with Crippen molar-refractivity contribution in [3.05, 3.63) is 65.2 Å². The van der Waals surface area contributed by atoms with Crippen molar-refractivity contribution in [2.24, 2.45) is 0 Å². The largest absolute Gasteiger partial charge is 0.496 e. The average molecular weight is 313 g/mol. The minimum atomic E-state index is -0.454. The van der Waals surface area contributed by atoms with E-state index < -0.39 is 4.83 Å². The molecule has 0 saturated heterocycles. The maximum atomic E-state index is 13.7. The molecule has 2 rings (SSSR count). The average Bonchev–Trinajstić information content (AvgIpc) is 2.38. The first kappa shape index (κ1) is 13.0. The molecule has 0 aromatic heterocycles. The fourth-order valence-electron chi connectivity index (χ4n) is 1.75. The Hall–Kier alpha value is -1.42. The Bertz CT molecular complexity index is 557. The van der Waals surface area contributed by atoms with Gasteiger partial charge in [-0.25, -0.2) is 8.78 Å². The Labute approximate surface area is 113 Å². The molecule has 1 unspecified atom stereocenters. The van der Waals surface area contributed by atoms with Crippen LogP contribution in [0.2, 0.25) is 0 Å². The standard InChI is InChI=1S/C14H11BrF2O/c1-18-13-7-6-9(16)8-11(13)14(15)10-4-2-3-5-12(10)17/h2-8,14H,1H3. The molecule has 0 aliphatic heterocycles. The van der Waals surface area contributed by atoms with Crippen molar-refractivity contribution in [2.75, 3.05) is 7.11 Å². The summed E-state index contributed by atoms with van der Waals surface area (Å²) in [7, 11) is 1.50. The summed E-state index contributed by atoms with van der Waals surface area (Å²) in [4.78, 5) is -0.454. The zero-order chi connectivity index (χ0) is 13.1. The molecule has 0 heterocycles. The van der Waals surface area contributed by atoms with E-state index in [0.717, 1.165) is 0 Å². The minimum absolute atomic E-state index is 0.342. The number of hydrogen-bond acceptors (Lipinski definition) is 1. The summed E-state index contributed by atoms with van der Waals surface area (Å²) in [6.45, 7) is 0. The van der Waals surface area contributed by atoms with Crippen molar-refractivity contribution in [1.82, 2.24) is 0 Å². The lowest BCUT2D eigenvalue weighted by molar-refractivity contribution is 0.409. The fourth-order valence-corrected chi connectivity index (χ4v) is 2.48. The molecular weight excluding hydrogens is 302 g/mol. The van der Waals surface area contributed by atoms with Crippen LogP contribution in [-0.2, 0) is 0 Å². The summed E-state index contributed by atoms with van der Waals surface area (Å²) in [5, 5.41) is 0. The smallest absolute Gasteiger partial charge is 0.127 e. The number of halogens is 3. The molecule has 1 atom stereocenters. The van der Waals surface area contributed by atoms with E-state index in [1.807, 2.05) is 0 Å². The van der Waals surface area contributed by atoms with Crippen LogP contribution in [0.4, 0.5) is 8.78 Å². The molecule has 0 N–H and O–H groups in total. The monoisotopic (exact) mass is 312 g/mol. The Morgan fingerprint density at radius 3 is 2.44 bits per heavy atom. The fraction of sp³-hybridized carbons (Fsp3) is 0.143. The van der Waals surface area contributed by atoms with E-state index in [9.17, 15) is 8.78 Å². The molecule has 0 saturated carbocycles. The molecule has 2 aromatic rings. The third-order valence-electron chi connectivity index (χ3n) is 2.64. The van der Waals surface area contributed by atoms with Gasteiger partial charge >= 0.3 is 0 Å². The second-order valence-electron chi connectivity index (χ2n) is 3.77. The summed E-state index contributed by atoms with van der Waals surface area (Å²) < 4.78 is 32.2. The van der Waals surface area contributed by atoms with Gasteiger partial charge in [0.05, 0.1) is 11.9 Å². The van der Waals surface area contributed by atoms with Crippen molar-refractivity contribution < 1.29 is 13.5 Å². The topological polar surface area (TPSA) is 9.23 Å². The van der Waals surface area contributed by atoms with Gasteiger partial charge in [0.25, 0.3) is 0 Å². The highest BCUT2D eigenvalue weighted by molar-refractivity contribution is 9.09. The number of methoxy groups -OCH3 is 1. The van der Waals surface area contributed by atoms with Crippen molar-refractivity contribution in [2.45, 2.75) is 4.83 Å². The SMILES string of the molecule is COc1ccc(F)cc1C(Br)c1ccccc1F. The molecule has 0 radical (unpaired) electrons. The highest BCUT2D eigenvalue weighted by Gasteiger charge is 2.18. The number of rotatable bonds is 3. The third-order valence-corrected chi connectivity index (χ3v) is 3.63.